The van der Waals surface area contributed by atoms with Gasteiger partial charge in [-0.3, -0.25) is 4.99 Å². The molecular formula is C19H34IN3O4. The predicted molar refractivity (Wildman–Crippen MR) is 120 cm³/mol. The summed E-state index contributed by atoms with van der Waals surface area (Å²) in [7, 11) is 5.01. The average Bonchev–Trinajstić information content (AvgIpc) is 2.67. The molecule has 0 unspecified atom stereocenters. The second-order valence-corrected chi connectivity index (χ2v) is 5.57. The van der Waals surface area contributed by atoms with Crippen molar-refractivity contribution >= 4 is 29.9 Å². The smallest absolute Gasteiger partial charge is 0.191 e. The van der Waals surface area contributed by atoms with E-state index in [4.69, 9.17) is 18.9 Å². The van der Waals surface area contributed by atoms with Crippen LogP contribution in [0.5, 0.6) is 11.5 Å². The Morgan fingerprint density at radius 2 is 1.85 bits per heavy atom. The van der Waals surface area contributed by atoms with Crippen LogP contribution >= 0.6 is 24.0 Å². The predicted octanol–water partition coefficient (Wildman–Crippen LogP) is 2.47. The molecule has 1 rings (SSSR count). The second kappa shape index (κ2) is 16.9. The van der Waals surface area contributed by atoms with E-state index in [1.54, 1.807) is 21.3 Å². The van der Waals surface area contributed by atoms with Crippen molar-refractivity contribution in [3.8, 4) is 11.5 Å². The number of benzene rings is 1. The number of nitrogens with zero attached hydrogens (tertiary/aromatic N) is 1. The molecule has 0 heterocycles. The van der Waals surface area contributed by atoms with Gasteiger partial charge in [0.05, 0.1) is 27.4 Å². The number of halogens is 1. The highest BCUT2D eigenvalue weighted by atomic mass is 127. The van der Waals surface area contributed by atoms with Gasteiger partial charge in [0.1, 0.15) is 11.5 Å². The van der Waals surface area contributed by atoms with Crippen molar-refractivity contribution in [1.82, 2.24) is 10.6 Å². The van der Waals surface area contributed by atoms with Gasteiger partial charge in [0.2, 0.25) is 0 Å². The monoisotopic (exact) mass is 495 g/mol. The Kier molecular flexibility index (Phi) is 16.1. The molecule has 1 aromatic rings. The van der Waals surface area contributed by atoms with Crippen molar-refractivity contribution < 1.29 is 18.9 Å². The number of rotatable bonds is 13. The van der Waals surface area contributed by atoms with Crippen molar-refractivity contribution in [1.29, 1.82) is 0 Å². The van der Waals surface area contributed by atoms with E-state index in [1.165, 1.54) is 0 Å². The maximum absolute atomic E-state index is 5.44. The van der Waals surface area contributed by atoms with Crippen LogP contribution in [-0.4, -0.2) is 66.7 Å². The molecule has 0 atom stereocenters. The Bertz CT molecular complexity index is 530. The largest absolute Gasteiger partial charge is 0.497 e. The Labute approximate surface area is 180 Å². The highest BCUT2D eigenvalue weighted by Gasteiger charge is 2.05. The molecular weight excluding hydrogens is 461 g/mol. The van der Waals surface area contributed by atoms with E-state index in [2.05, 4.69) is 22.5 Å². The van der Waals surface area contributed by atoms with Crippen molar-refractivity contribution in [3.05, 3.63) is 23.8 Å². The van der Waals surface area contributed by atoms with Gasteiger partial charge in [-0.1, -0.05) is 0 Å². The minimum Gasteiger partial charge on any atom is -0.497 e. The molecule has 0 fully saturated rings. The summed E-state index contributed by atoms with van der Waals surface area (Å²) < 4.78 is 21.1. The van der Waals surface area contributed by atoms with Gasteiger partial charge in [0.15, 0.2) is 5.96 Å². The van der Waals surface area contributed by atoms with Gasteiger partial charge in [-0.05, 0) is 43.5 Å². The lowest BCUT2D eigenvalue weighted by Crippen LogP contribution is -2.38. The molecule has 0 spiro atoms. The number of guanidine groups is 1. The summed E-state index contributed by atoms with van der Waals surface area (Å²) in [6.07, 6.45) is 1.69. The Morgan fingerprint density at radius 3 is 2.52 bits per heavy atom. The molecule has 0 bridgehead atoms. The van der Waals surface area contributed by atoms with Gasteiger partial charge in [0.25, 0.3) is 0 Å². The van der Waals surface area contributed by atoms with Crippen molar-refractivity contribution in [3.63, 3.8) is 0 Å². The highest BCUT2D eigenvalue weighted by molar-refractivity contribution is 14.0. The number of hydrogen-bond acceptors (Lipinski definition) is 5. The zero-order valence-corrected chi connectivity index (χ0v) is 19.2. The first-order valence-electron chi connectivity index (χ1n) is 9.04. The average molecular weight is 495 g/mol. The van der Waals surface area contributed by atoms with Gasteiger partial charge < -0.3 is 29.6 Å². The SMILES string of the molecule is CCNC(=NCCCOCCOC)NCCc1cc(OC)ccc1OC.I. The third-order valence-corrected chi connectivity index (χ3v) is 3.67. The zero-order valence-electron chi connectivity index (χ0n) is 16.9. The van der Waals surface area contributed by atoms with E-state index < -0.39 is 0 Å². The minimum absolute atomic E-state index is 0. The summed E-state index contributed by atoms with van der Waals surface area (Å²) in [6.45, 7) is 6.27. The van der Waals surface area contributed by atoms with E-state index in [1.807, 2.05) is 18.2 Å². The number of nitrogens with one attached hydrogen (secondary N) is 2. The Morgan fingerprint density at radius 1 is 1.04 bits per heavy atom. The minimum atomic E-state index is 0. The van der Waals surface area contributed by atoms with Gasteiger partial charge >= 0.3 is 0 Å². The maximum atomic E-state index is 5.44. The molecule has 0 aromatic heterocycles. The van der Waals surface area contributed by atoms with Gasteiger partial charge in [-0.25, -0.2) is 0 Å². The summed E-state index contributed by atoms with van der Waals surface area (Å²) in [5, 5.41) is 6.60. The third-order valence-electron chi connectivity index (χ3n) is 3.67. The van der Waals surface area contributed by atoms with Crippen LogP contribution in [0, 0.1) is 0 Å². The third kappa shape index (κ3) is 11.2. The van der Waals surface area contributed by atoms with E-state index >= 15 is 0 Å². The molecule has 27 heavy (non-hydrogen) atoms. The van der Waals surface area contributed by atoms with Crippen LogP contribution in [0.3, 0.4) is 0 Å². The molecule has 0 aliphatic carbocycles. The zero-order chi connectivity index (χ0) is 19.0. The number of hydrogen-bond donors (Lipinski definition) is 2. The first-order valence-corrected chi connectivity index (χ1v) is 9.04. The lowest BCUT2D eigenvalue weighted by atomic mass is 10.1. The first kappa shape index (κ1) is 25.7. The summed E-state index contributed by atoms with van der Waals surface area (Å²) in [5.74, 6) is 2.50. The number of methoxy groups -OCH3 is 3. The summed E-state index contributed by atoms with van der Waals surface area (Å²) in [4.78, 5) is 4.57. The molecule has 2 N–H and O–H groups in total. The quantitative estimate of drug-likeness (QED) is 0.190. The molecule has 8 heteroatoms. The van der Waals surface area contributed by atoms with Gasteiger partial charge in [-0.2, -0.15) is 0 Å². The fourth-order valence-electron chi connectivity index (χ4n) is 2.34. The standard InChI is InChI=1S/C19H33N3O4.HI/c1-5-20-19(21-10-6-12-26-14-13-23-2)22-11-9-16-15-17(24-3)7-8-18(16)25-4;/h7-8,15H,5-6,9-14H2,1-4H3,(H2,20,21,22);1H. The number of ether oxygens (including phenoxy) is 4. The molecule has 0 radical (unpaired) electrons. The summed E-state index contributed by atoms with van der Waals surface area (Å²) in [6, 6.07) is 5.83. The molecule has 0 amide bonds. The second-order valence-electron chi connectivity index (χ2n) is 5.57. The van der Waals surface area contributed by atoms with Crippen LogP contribution in [0.4, 0.5) is 0 Å². The first-order chi connectivity index (χ1) is 12.7. The van der Waals surface area contributed by atoms with Crippen molar-refractivity contribution in [2.75, 3.05) is 60.8 Å². The van der Waals surface area contributed by atoms with Gasteiger partial charge in [-0.15, -0.1) is 24.0 Å². The van der Waals surface area contributed by atoms with Crippen LogP contribution in [0.25, 0.3) is 0 Å². The summed E-state index contributed by atoms with van der Waals surface area (Å²) in [5.41, 5.74) is 1.10. The van der Waals surface area contributed by atoms with E-state index in [-0.39, 0.29) is 24.0 Å². The molecule has 7 nitrogen and oxygen atoms in total. The van der Waals surface area contributed by atoms with E-state index in [0.29, 0.717) is 26.4 Å². The normalized spacial score (nSPS) is 10.9. The fourth-order valence-corrected chi connectivity index (χ4v) is 2.34. The highest BCUT2D eigenvalue weighted by Crippen LogP contribution is 2.24. The fraction of sp³-hybridized carbons (Fsp3) is 0.632. The Balaban J connectivity index is 0.00000676. The van der Waals surface area contributed by atoms with Crippen LogP contribution in [0.1, 0.15) is 18.9 Å². The summed E-state index contributed by atoms with van der Waals surface area (Å²) >= 11 is 0. The van der Waals surface area contributed by atoms with E-state index in [0.717, 1.165) is 49.0 Å². The topological polar surface area (TPSA) is 73.3 Å². The van der Waals surface area contributed by atoms with E-state index in [9.17, 15) is 0 Å². The maximum Gasteiger partial charge on any atom is 0.191 e. The van der Waals surface area contributed by atoms with Gasteiger partial charge in [0, 0.05) is 33.4 Å². The molecule has 0 saturated carbocycles. The molecule has 0 saturated heterocycles. The molecule has 156 valence electrons. The van der Waals surface area contributed by atoms with Crippen molar-refractivity contribution in [2.24, 2.45) is 4.99 Å². The molecule has 0 aliphatic rings. The van der Waals surface area contributed by atoms with Crippen LogP contribution < -0.4 is 20.1 Å². The Hall–Kier alpha value is -1.26. The molecule has 1 aromatic carbocycles. The lowest BCUT2D eigenvalue weighted by molar-refractivity contribution is 0.0702. The van der Waals surface area contributed by atoms with Crippen LogP contribution in [0.15, 0.2) is 23.2 Å². The van der Waals surface area contributed by atoms with Crippen LogP contribution in [0.2, 0.25) is 0 Å². The number of aliphatic imine (C=N–C) groups is 1. The van der Waals surface area contributed by atoms with Crippen molar-refractivity contribution in [2.45, 2.75) is 19.8 Å². The molecule has 0 aliphatic heterocycles. The van der Waals surface area contributed by atoms with Crippen LogP contribution in [-0.2, 0) is 15.9 Å². The lowest BCUT2D eigenvalue weighted by Gasteiger charge is -2.13.